The molecular weight excluding hydrogens is 250 g/mol. The van der Waals surface area contributed by atoms with Crippen molar-refractivity contribution in [2.75, 3.05) is 20.1 Å². The molecular formula is C16H31N3O. The molecule has 2 aliphatic rings. The lowest BCUT2D eigenvalue weighted by molar-refractivity contribution is -0.126. The Morgan fingerprint density at radius 1 is 1.45 bits per heavy atom. The summed E-state index contributed by atoms with van der Waals surface area (Å²) in [5.74, 6) is 1.15. The Morgan fingerprint density at radius 3 is 2.70 bits per heavy atom. The van der Waals surface area contributed by atoms with Crippen LogP contribution in [0.2, 0.25) is 0 Å². The van der Waals surface area contributed by atoms with Crippen LogP contribution in [0.4, 0.5) is 0 Å². The number of hydrogen-bond acceptors (Lipinski definition) is 3. The predicted octanol–water partition coefficient (Wildman–Crippen LogP) is 1.74. The zero-order chi connectivity index (χ0) is 14.8. The highest BCUT2D eigenvalue weighted by atomic mass is 16.1. The van der Waals surface area contributed by atoms with E-state index in [9.17, 15) is 4.79 Å². The smallest absolute Gasteiger partial charge is 0.238 e. The van der Waals surface area contributed by atoms with Crippen molar-refractivity contribution in [1.29, 1.82) is 0 Å². The van der Waals surface area contributed by atoms with E-state index in [0.717, 1.165) is 44.7 Å². The Bertz CT molecular complexity index is 343. The van der Waals surface area contributed by atoms with Crippen molar-refractivity contribution in [1.82, 2.24) is 10.2 Å². The zero-order valence-electron chi connectivity index (χ0n) is 13.3. The van der Waals surface area contributed by atoms with Gasteiger partial charge in [-0.2, -0.15) is 0 Å². The van der Waals surface area contributed by atoms with Gasteiger partial charge in [0, 0.05) is 6.04 Å². The number of rotatable bonds is 8. The van der Waals surface area contributed by atoms with Gasteiger partial charge in [-0.15, -0.1) is 0 Å². The Balaban J connectivity index is 1.91. The average molecular weight is 281 g/mol. The van der Waals surface area contributed by atoms with Crippen LogP contribution in [-0.4, -0.2) is 42.5 Å². The van der Waals surface area contributed by atoms with Gasteiger partial charge in [-0.25, -0.2) is 0 Å². The fourth-order valence-corrected chi connectivity index (χ4v) is 3.93. The minimum absolute atomic E-state index is 0.153. The third kappa shape index (κ3) is 3.17. The lowest BCUT2D eigenvalue weighted by Gasteiger charge is -2.35. The van der Waals surface area contributed by atoms with Crippen molar-refractivity contribution in [3.8, 4) is 0 Å². The first kappa shape index (κ1) is 15.8. The van der Waals surface area contributed by atoms with Crippen molar-refractivity contribution >= 4 is 5.91 Å². The second-order valence-electron chi connectivity index (χ2n) is 6.80. The molecule has 2 saturated carbocycles. The first-order valence-electron chi connectivity index (χ1n) is 8.26. The largest absolute Gasteiger partial charge is 0.368 e. The second kappa shape index (κ2) is 6.44. The Labute approximate surface area is 123 Å². The number of nitrogens with two attached hydrogens (primary N) is 1. The summed E-state index contributed by atoms with van der Waals surface area (Å²) in [4.78, 5) is 14.4. The molecule has 116 valence electrons. The topological polar surface area (TPSA) is 58.4 Å². The molecule has 4 heteroatoms. The summed E-state index contributed by atoms with van der Waals surface area (Å²) in [6, 6.07) is 0.679. The van der Waals surface area contributed by atoms with Crippen molar-refractivity contribution in [3.63, 3.8) is 0 Å². The van der Waals surface area contributed by atoms with E-state index in [1.165, 1.54) is 12.8 Å². The highest BCUT2D eigenvalue weighted by Crippen LogP contribution is 2.39. The number of amides is 1. The van der Waals surface area contributed by atoms with Gasteiger partial charge in [0.1, 0.15) is 5.54 Å². The molecule has 3 N–H and O–H groups in total. The monoisotopic (exact) mass is 281 g/mol. The van der Waals surface area contributed by atoms with E-state index >= 15 is 0 Å². The van der Waals surface area contributed by atoms with Gasteiger partial charge in [0.15, 0.2) is 0 Å². The van der Waals surface area contributed by atoms with E-state index < -0.39 is 5.54 Å². The van der Waals surface area contributed by atoms with Gasteiger partial charge in [-0.1, -0.05) is 13.3 Å². The lowest BCUT2D eigenvalue weighted by Crippen LogP contribution is -2.58. The van der Waals surface area contributed by atoms with Gasteiger partial charge < -0.3 is 16.0 Å². The number of nitrogens with one attached hydrogen (secondary N) is 1. The highest BCUT2D eigenvalue weighted by Gasteiger charge is 2.46. The summed E-state index contributed by atoms with van der Waals surface area (Å²) in [6.45, 7) is 6.27. The number of carbonyl (C=O) groups is 1. The molecule has 3 atom stereocenters. The molecule has 20 heavy (non-hydrogen) atoms. The maximum absolute atomic E-state index is 12.0. The van der Waals surface area contributed by atoms with E-state index in [2.05, 4.69) is 31.1 Å². The SMILES string of the molecule is CCNC1(C(N)=O)CCCC1CCN(C)C(C)C1CC1. The summed E-state index contributed by atoms with van der Waals surface area (Å²) in [7, 11) is 2.22. The minimum Gasteiger partial charge on any atom is -0.368 e. The summed E-state index contributed by atoms with van der Waals surface area (Å²) in [6.07, 6.45) is 6.99. The minimum atomic E-state index is -0.446. The zero-order valence-corrected chi connectivity index (χ0v) is 13.3. The van der Waals surface area contributed by atoms with Crippen LogP contribution in [0.3, 0.4) is 0 Å². The van der Waals surface area contributed by atoms with Crippen molar-refractivity contribution in [2.24, 2.45) is 17.6 Å². The van der Waals surface area contributed by atoms with Crippen LogP contribution in [0, 0.1) is 11.8 Å². The number of likely N-dealkylation sites (N-methyl/N-ethyl adjacent to an activating group) is 1. The number of carbonyl (C=O) groups excluding carboxylic acids is 1. The van der Waals surface area contributed by atoms with Gasteiger partial charge in [0.05, 0.1) is 0 Å². The number of hydrogen-bond donors (Lipinski definition) is 2. The molecule has 0 aliphatic heterocycles. The molecule has 1 amide bonds. The molecule has 0 heterocycles. The van der Waals surface area contributed by atoms with Crippen LogP contribution in [0.1, 0.15) is 52.4 Å². The van der Waals surface area contributed by atoms with E-state index in [0.29, 0.717) is 12.0 Å². The molecule has 0 radical (unpaired) electrons. The third-order valence-electron chi connectivity index (χ3n) is 5.58. The van der Waals surface area contributed by atoms with E-state index in [-0.39, 0.29) is 5.91 Å². The van der Waals surface area contributed by atoms with E-state index in [4.69, 9.17) is 5.73 Å². The number of primary amides is 1. The number of nitrogens with zero attached hydrogens (tertiary/aromatic N) is 1. The van der Waals surface area contributed by atoms with Gasteiger partial charge in [0.2, 0.25) is 5.91 Å². The van der Waals surface area contributed by atoms with Gasteiger partial charge >= 0.3 is 0 Å². The summed E-state index contributed by atoms with van der Waals surface area (Å²) < 4.78 is 0. The molecule has 2 rings (SSSR count). The Hall–Kier alpha value is -0.610. The van der Waals surface area contributed by atoms with Crippen LogP contribution in [0.15, 0.2) is 0 Å². The quantitative estimate of drug-likeness (QED) is 0.712. The van der Waals surface area contributed by atoms with Gasteiger partial charge in [-0.3, -0.25) is 4.79 Å². The standard InChI is InChI=1S/C16H31N3O/c1-4-18-16(15(17)20)10-5-6-14(16)9-11-19(3)12(2)13-7-8-13/h12-14,18H,4-11H2,1-3H3,(H2,17,20). The van der Waals surface area contributed by atoms with E-state index in [1.54, 1.807) is 0 Å². The molecule has 0 bridgehead atoms. The van der Waals surface area contributed by atoms with Crippen LogP contribution in [0.25, 0.3) is 0 Å². The molecule has 0 spiro atoms. The predicted molar refractivity (Wildman–Crippen MR) is 82.4 cm³/mol. The maximum Gasteiger partial charge on any atom is 0.238 e. The summed E-state index contributed by atoms with van der Waals surface area (Å²) in [5, 5.41) is 3.40. The molecule has 2 fully saturated rings. The normalized spacial score (nSPS) is 31.7. The third-order valence-corrected chi connectivity index (χ3v) is 5.58. The maximum atomic E-state index is 12.0. The van der Waals surface area contributed by atoms with Gasteiger partial charge in [-0.05, 0) is 71.0 Å². The molecule has 2 aliphatic carbocycles. The molecule has 3 unspecified atom stereocenters. The molecule has 0 aromatic carbocycles. The van der Waals surface area contributed by atoms with Crippen molar-refractivity contribution < 1.29 is 4.79 Å². The highest BCUT2D eigenvalue weighted by molar-refractivity contribution is 5.85. The second-order valence-corrected chi connectivity index (χ2v) is 6.80. The molecule has 0 aromatic heterocycles. The first-order chi connectivity index (χ1) is 9.51. The van der Waals surface area contributed by atoms with Crippen LogP contribution in [0.5, 0.6) is 0 Å². The average Bonchev–Trinajstić information content (AvgIpc) is 3.18. The summed E-state index contributed by atoms with van der Waals surface area (Å²) >= 11 is 0. The Morgan fingerprint density at radius 2 is 2.15 bits per heavy atom. The molecule has 0 saturated heterocycles. The fraction of sp³-hybridized carbons (Fsp3) is 0.938. The van der Waals surface area contributed by atoms with E-state index in [1.807, 2.05) is 0 Å². The molecule has 4 nitrogen and oxygen atoms in total. The van der Waals surface area contributed by atoms with Crippen molar-refractivity contribution in [2.45, 2.75) is 64.0 Å². The van der Waals surface area contributed by atoms with Crippen molar-refractivity contribution in [3.05, 3.63) is 0 Å². The molecule has 0 aromatic rings. The van der Waals surface area contributed by atoms with Crippen LogP contribution >= 0.6 is 0 Å². The fourth-order valence-electron chi connectivity index (χ4n) is 3.93. The Kier molecular flexibility index (Phi) is 5.08. The van der Waals surface area contributed by atoms with Gasteiger partial charge in [0.25, 0.3) is 0 Å². The first-order valence-corrected chi connectivity index (χ1v) is 8.26. The summed E-state index contributed by atoms with van der Waals surface area (Å²) in [5.41, 5.74) is 5.27. The van der Waals surface area contributed by atoms with Crippen LogP contribution < -0.4 is 11.1 Å². The lowest BCUT2D eigenvalue weighted by atomic mass is 9.83. The van der Waals surface area contributed by atoms with Crippen LogP contribution in [-0.2, 0) is 4.79 Å².